The topological polar surface area (TPSA) is 52.8 Å². The van der Waals surface area contributed by atoms with Crippen molar-refractivity contribution in [2.75, 3.05) is 7.11 Å². The second-order valence-corrected chi connectivity index (χ2v) is 4.82. The van der Waals surface area contributed by atoms with Crippen molar-refractivity contribution in [3.8, 4) is 17.1 Å². The summed E-state index contributed by atoms with van der Waals surface area (Å²) in [6.45, 7) is 2.58. The molecule has 0 atom stereocenters. The first-order valence-corrected chi connectivity index (χ1v) is 6.73. The molecular formula is C16H16N4O. The molecule has 0 bridgehead atoms. The fourth-order valence-corrected chi connectivity index (χ4v) is 2.11. The molecule has 0 aliphatic rings. The number of benzene rings is 2. The van der Waals surface area contributed by atoms with Gasteiger partial charge in [0.1, 0.15) is 5.75 Å². The minimum absolute atomic E-state index is 0.531. The SMILES string of the molecule is COc1ccccc1Cn1nnc(-c2ccc(C)cc2)n1. The fraction of sp³-hybridized carbons (Fsp3) is 0.188. The van der Waals surface area contributed by atoms with Crippen molar-refractivity contribution in [2.45, 2.75) is 13.5 Å². The summed E-state index contributed by atoms with van der Waals surface area (Å²) in [5, 5.41) is 12.6. The van der Waals surface area contributed by atoms with Gasteiger partial charge < -0.3 is 4.74 Å². The van der Waals surface area contributed by atoms with Crippen LogP contribution in [0.2, 0.25) is 0 Å². The maximum atomic E-state index is 5.33. The molecule has 5 nitrogen and oxygen atoms in total. The highest BCUT2D eigenvalue weighted by Gasteiger charge is 2.08. The number of tetrazole rings is 1. The number of ether oxygens (including phenoxy) is 1. The number of aryl methyl sites for hydroxylation is 1. The Hall–Kier alpha value is -2.69. The van der Waals surface area contributed by atoms with E-state index in [1.807, 2.05) is 48.5 Å². The lowest BCUT2D eigenvalue weighted by atomic mass is 10.1. The molecule has 0 fully saturated rings. The van der Waals surface area contributed by atoms with E-state index in [2.05, 4.69) is 22.3 Å². The average Bonchev–Trinajstić information content (AvgIpc) is 2.97. The molecule has 5 heteroatoms. The Balaban J connectivity index is 1.83. The zero-order valence-corrected chi connectivity index (χ0v) is 12.0. The van der Waals surface area contributed by atoms with Crippen molar-refractivity contribution in [1.29, 1.82) is 0 Å². The molecule has 21 heavy (non-hydrogen) atoms. The summed E-state index contributed by atoms with van der Waals surface area (Å²) in [7, 11) is 1.66. The number of aromatic nitrogens is 4. The molecule has 0 aliphatic carbocycles. The Morgan fingerprint density at radius 2 is 1.81 bits per heavy atom. The quantitative estimate of drug-likeness (QED) is 0.737. The van der Waals surface area contributed by atoms with Crippen LogP contribution in [0.5, 0.6) is 5.75 Å². The van der Waals surface area contributed by atoms with Gasteiger partial charge >= 0.3 is 0 Å². The van der Waals surface area contributed by atoms with E-state index >= 15 is 0 Å². The van der Waals surface area contributed by atoms with E-state index in [9.17, 15) is 0 Å². The van der Waals surface area contributed by atoms with Crippen LogP contribution < -0.4 is 4.74 Å². The number of nitrogens with zero attached hydrogens (tertiary/aromatic N) is 4. The molecule has 0 spiro atoms. The van der Waals surface area contributed by atoms with Gasteiger partial charge in [-0.05, 0) is 18.2 Å². The minimum atomic E-state index is 0.531. The Morgan fingerprint density at radius 1 is 1.05 bits per heavy atom. The van der Waals surface area contributed by atoms with Crippen LogP contribution in [-0.4, -0.2) is 27.3 Å². The van der Waals surface area contributed by atoms with Crippen molar-refractivity contribution in [1.82, 2.24) is 20.2 Å². The van der Waals surface area contributed by atoms with E-state index in [1.165, 1.54) is 5.56 Å². The highest BCUT2D eigenvalue weighted by atomic mass is 16.5. The van der Waals surface area contributed by atoms with Crippen molar-refractivity contribution >= 4 is 0 Å². The summed E-state index contributed by atoms with van der Waals surface area (Å²) in [5.74, 6) is 1.46. The molecule has 0 unspecified atom stereocenters. The number of rotatable bonds is 4. The van der Waals surface area contributed by atoms with E-state index in [1.54, 1.807) is 11.9 Å². The Kier molecular flexibility index (Phi) is 3.64. The first-order chi connectivity index (χ1) is 10.3. The Morgan fingerprint density at radius 3 is 2.57 bits per heavy atom. The molecule has 0 radical (unpaired) electrons. The van der Waals surface area contributed by atoms with Gasteiger partial charge in [-0.25, -0.2) is 0 Å². The van der Waals surface area contributed by atoms with Crippen LogP contribution in [0.15, 0.2) is 48.5 Å². The predicted octanol–water partition coefficient (Wildman–Crippen LogP) is 2.71. The molecule has 3 aromatic rings. The van der Waals surface area contributed by atoms with Gasteiger partial charge in [-0.1, -0.05) is 48.0 Å². The third-order valence-electron chi connectivity index (χ3n) is 3.27. The molecule has 0 N–H and O–H groups in total. The fourth-order valence-electron chi connectivity index (χ4n) is 2.11. The zero-order valence-electron chi connectivity index (χ0n) is 12.0. The summed E-state index contributed by atoms with van der Waals surface area (Å²) in [5.41, 5.74) is 3.19. The van der Waals surface area contributed by atoms with Crippen LogP contribution in [0.1, 0.15) is 11.1 Å². The van der Waals surface area contributed by atoms with Gasteiger partial charge in [-0.15, -0.1) is 10.2 Å². The molecule has 106 valence electrons. The van der Waals surface area contributed by atoms with E-state index in [4.69, 9.17) is 4.74 Å². The molecule has 1 aromatic heterocycles. The smallest absolute Gasteiger partial charge is 0.204 e. The van der Waals surface area contributed by atoms with E-state index in [0.29, 0.717) is 12.4 Å². The predicted molar refractivity (Wildman–Crippen MR) is 80.1 cm³/mol. The standard InChI is InChI=1S/C16H16N4O/c1-12-7-9-13(10-8-12)16-17-19-20(18-16)11-14-5-3-4-6-15(14)21-2/h3-10H,11H2,1-2H3. The van der Waals surface area contributed by atoms with Gasteiger partial charge in [0.05, 0.1) is 13.7 Å². The van der Waals surface area contributed by atoms with E-state index in [-0.39, 0.29) is 0 Å². The number of hydrogen-bond donors (Lipinski definition) is 0. The van der Waals surface area contributed by atoms with Gasteiger partial charge in [0, 0.05) is 11.1 Å². The van der Waals surface area contributed by atoms with Gasteiger partial charge in [0.25, 0.3) is 0 Å². The molecule has 0 amide bonds. The van der Waals surface area contributed by atoms with Crippen LogP contribution >= 0.6 is 0 Å². The maximum absolute atomic E-state index is 5.33. The first kappa shape index (κ1) is 13.3. The molecule has 0 saturated heterocycles. The summed E-state index contributed by atoms with van der Waals surface area (Å²) >= 11 is 0. The zero-order chi connectivity index (χ0) is 14.7. The van der Waals surface area contributed by atoms with Crippen LogP contribution in [0, 0.1) is 6.92 Å². The average molecular weight is 280 g/mol. The third-order valence-corrected chi connectivity index (χ3v) is 3.27. The first-order valence-electron chi connectivity index (χ1n) is 6.73. The minimum Gasteiger partial charge on any atom is -0.496 e. The largest absolute Gasteiger partial charge is 0.496 e. The highest BCUT2D eigenvalue weighted by Crippen LogP contribution is 2.19. The highest BCUT2D eigenvalue weighted by molar-refractivity contribution is 5.54. The molecule has 2 aromatic carbocycles. The Labute approximate surface area is 123 Å². The van der Waals surface area contributed by atoms with Crippen LogP contribution in [-0.2, 0) is 6.54 Å². The second-order valence-electron chi connectivity index (χ2n) is 4.82. The Bertz CT molecular complexity index is 734. The molecule has 0 saturated carbocycles. The second kappa shape index (κ2) is 5.75. The lowest BCUT2D eigenvalue weighted by Crippen LogP contribution is -2.05. The van der Waals surface area contributed by atoms with E-state index < -0.39 is 0 Å². The third kappa shape index (κ3) is 2.91. The summed E-state index contributed by atoms with van der Waals surface area (Å²) < 4.78 is 5.33. The van der Waals surface area contributed by atoms with Gasteiger partial charge in [0.15, 0.2) is 0 Å². The van der Waals surface area contributed by atoms with Crippen molar-refractivity contribution in [3.63, 3.8) is 0 Å². The normalized spacial score (nSPS) is 10.6. The monoisotopic (exact) mass is 280 g/mol. The van der Waals surface area contributed by atoms with Crippen molar-refractivity contribution in [3.05, 3.63) is 59.7 Å². The van der Waals surface area contributed by atoms with Crippen LogP contribution in [0.25, 0.3) is 11.4 Å². The van der Waals surface area contributed by atoms with E-state index in [0.717, 1.165) is 16.9 Å². The van der Waals surface area contributed by atoms with Crippen molar-refractivity contribution < 1.29 is 4.74 Å². The van der Waals surface area contributed by atoms with Crippen LogP contribution in [0.3, 0.4) is 0 Å². The van der Waals surface area contributed by atoms with Gasteiger partial charge in [-0.2, -0.15) is 4.80 Å². The van der Waals surface area contributed by atoms with Gasteiger partial charge in [0.2, 0.25) is 5.82 Å². The number of para-hydroxylation sites is 1. The number of hydrogen-bond acceptors (Lipinski definition) is 4. The number of methoxy groups -OCH3 is 1. The maximum Gasteiger partial charge on any atom is 0.204 e. The summed E-state index contributed by atoms with van der Waals surface area (Å²) in [4.78, 5) is 1.58. The van der Waals surface area contributed by atoms with Gasteiger partial charge in [-0.3, -0.25) is 0 Å². The van der Waals surface area contributed by atoms with Crippen molar-refractivity contribution in [2.24, 2.45) is 0 Å². The molecular weight excluding hydrogens is 264 g/mol. The summed E-state index contributed by atoms with van der Waals surface area (Å²) in [6, 6.07) is 15.9. The lowest BCUT2D eigenvalue weighted by Gasteiger charge is -2.06. The lowest BCUT2D eigenvalue weighted by molar-refractivity contribution is 0.405. The van der Waals surface area contributed by atoms with Crippen LogP contribution in [0.4, 0.5) is 0 Å². The molecule has 1 heterocycles. The summed E-state index contributed by atoms with van der Waals surface area (Å²) in [6.07, 6.45) is 0. The molecule has 0 aliphatic heterocycles. The molecule has 3 rings (SSSR count).